The van der Waals surface area contributed by atoms with Gasteiger partial charge in [-0.05, 0) is 75.9 Å². The van der Waals surface area contributed by atoms with Crippen LogP contribution in [0.4, 0.5) is 5.00 Å². The maximum absolute atomic E-state index is 13.5. The summed E-state index contributed by atoms with van der Waals surface area (Å²) in [6, 6.07) is 5.87. The second kappa shape index (κ2) is 12.0. The Hall–Kier alpha value is -2.80. The van der Waals surface area contributed by atoms with Crippen molar-refractivity contribution in [2.24, 2.45) is 5.92 Å². The van der Waals surface area contributed by atoms with Crippen molar-refractivity contribution in [2.45, 2.75) is 50.5 Å². The average molecular weight is 589 g/mol. The number of nitrogens with one attached hydrogen (secondary N) is 1. The van der Waals surface area contributed by atoms with Crippen LogP contribution in [0.1, 0.15) is 63.8 Å². The van der Waals surface area contributed by atoms with Crippen LogP contribution in [-0.2, 0) is 32.5 Å². The Labute approximate surface area is 239 Å². The number of likely N-dealkylation sites (tertiary alicyclic amines) is 1. The maximum atomic E-state index is 13.5. The first-order chi connectivity index (χ1) is 19.2. The lowest BCUT2D eigenvalue weighted by Gasteiger charge is -2.30. The number of carbonyl (C=O) groups is 3. The van der Waals surface area contributed by atoms with Gasteiger partial charge in [0.15, 0.2) is 0 Å². The molecule has 0 saturated carbocycles. The number of benzene rings is 1. The van der Waals surface area contributed by atoms with Gasteiger partial charge < -0.3 is 19.9 Å². The van der Waals surface area contributed by atoms with Crippen LogP contribution in [0.5, 0.6) is 0 Å². The van der Waals surface area contributed by atoms with Crippen LogP contribution in [0, 0.1) is 5.92 Å². The van der Waals surface area contributed by atoms with E-state index in [-0.39, 0.29) is 41.7 Å². The fourth-order valence-electron chi connectivity index (χ4n) is 5.62. The van der Waals surface area contributed by atoms with Gasteiger partial charge in [0.05, 0.1) is 23.0 Å². The number of ether oxygens (including phenoxy) is 1. The minimum absolute atomic E-state index is 0.0250. The van der Waals surface area contributed by atoms with E-state index in [1.807, 2.05) is 11.9 Å². The van der Waals surface area contributed by atoms with Crippen molar-refractivity contribution in [1.29, 1.82) is 0 Å². The first-order valence-corrected chi connectivity index (χ1v) is 16.1. The van der Waals surface area contributed by atoms with E-state index in [1.54, 1.807) is 6.92 Å². The normalized spacial score (nSPS) is 18.9. The van der Waals surface area contributed by atoms with Gasteiger partial charge in [0.25, 0.3) is 11.8 Å². The maximum Gasteiger partial charge on any atom is 0.309 e. The topological polar surface area (TPSA) is 116 Å². The Morgan fingerprint density at radius 3 is 2.35 bits per heavy atom. The Morgan fingerprint density at radius 1 is 1.02 bits per heavy atom. The number of sulfonamides is 1. The van der Waals surface area contributed by atoms with E-state index in [0.29, 0.717) is 35.6 Å². The number of rotatable bonds is 7. The van der Waals surface area contributed by atoms with Crippen molar-refractivity contribution < 1.29 is 27.5 Å². The number of carbonyl (C=O) groups excluding carboxylic acids is 3. The molecule has 2 amide bonds. The highest BCUT2D eigenvalue weighted by molar-refractivity contribution is 7.89. The third kappa shape index (κ3) is 5.81. The molecule has 10 nitrogen and oxygen atoms in total. The van der Waals surface area contributed by atoms with Gasteiger partial charge >= 0.3 is 5.97 Å². The molecule has 3 aliphatic rings. The summed E-state index contributed by atoms with van der Waals surface area (Å²) in [4.78, 5) is 44.0. The molecule has 0 aliphatic carbocycles. The average Bonchev–Trinajstić information content (AvgIpc) is 3.61. The molecule has 0 radical (unpaired) electrons. The summed E-state index contributed by atoms with van der Waals surface area (Å²) < 4.78 is 32.9. The summed E-state index contributed by atoms with van der Waals surface area (Å²) in [5.74, 6) is -0.980. The molecule has 2 aromatic rings. The van der Waals surface area contributed by atoms with Crippen LogP contribution in [-0.4, -0.2) is 86.7 Å². The van der Waals surface area contributed by atoms with Gasteiger partial charge in [-0.15, -0.1) is 11.3 Å². The summed E-state index contributed by atoms with van der Waals surface area (Å²) in [6.45, 7) is 5.58. The summed E-state index contributed by atoms with van der Waals surface area (Å²) in [6.07, 6.45) is 3.56. The molecule has 40 heavy (non-hydrogen) atoms. The van der Waals surface area contributed by atoms with Gasteiger partial charge in [-0.3, -0.25) is 14.4 Å². The number of likely N-dealkylation sites (N-methyl/N-ethyl adjacent to an activating group) is 1. The van der Waals surface area contributed by atoms with Gasteiger partial charge in [-0.1, -0.05) is 0 Å². The number of nitrogens with zero attached hydrogens (tertiary/aromatic N) is 3. The zero-order chi connectivity index (χ0) is 28.4. The lowest BCUT2D eigenvalue weighted by atomic mass is 9.98. The number of amides is 2. The van der Waals surface area contributed by atoms with Gasteiger partial charge in [0, 0.05) is 49.7 Å². The molecule has 1 aromatic heterocycles. The first kappa shape index (κ1) is 28.7. The van der Waals surface area contributed by atoms with Crippen LogP contribution in [0.25, 0.3) is 0 Å². The van der Waals surface area contributed by atoms with Crippen molar-refractivity contribution in [1.82, 2.24) is 14.1 Å². The van der Waals surface area contributed by atoms with Crippen molar-refractivity contribution in [2.75, 3.05) is 51.7 Å². The number of piperidine rings is 1. The molecule has 5 rings (SSSR count). The molecule has 0 bridgehead atoms. The number of fused-ring (bicyclic) bond motifs is 1. The van der Waals surface area contributed by atoms with Gasteiger partial charge in [0.1, 0.15) is 5.00 Å². The lowest BCUT2D eigenvalue weighted by Crippen LogP contribution is -2.40. The second-order valence-corrected chi connectivity index (χ2v) is 13.6. The van der Waals surface area contributed by atoms with Gasteiger partial charge in [-0.2, -0.15) is 4.31 Å². The molecule has 12 heteroatoms. The number of hydrogen-bond donors (Lipinski definition) is 1. The number of anilines is 1. The zero-order valence-electron chi connectivity index (χ0n) is 23.0. The zero-order valence-corrected chi connectivity index (χ0v) is 24.6. The van der Waals surface area contributed by atoms with Crippen molar-refractivity contribution in [3.8, 4) is 0 Å². The number of hydrogen-bond acceptors (Lipinski definition) is 8. The van der Waals surface area contributed by atoms with Crippen LogP contribution in [0.2, 0.25) is 0 Å². The lowest BCUT2D eigenvalue weighted by molar-refractivity contribution is -0.149. The minimum atomic E-state index is -3.76. The van der Waals surface area contributed by atoms with E-state index in [0.717, 1.165) is 55.9 Å². The number of esters is 1. The van der Waals surface area contributed by atoms with Crippen molar-refractivity contribution in [3.05, 3.63) is 45.8 Å². The monoisotopic (exact) mass is 588 g/mol. The molecule has 1 N–H and O–H groups in total. The molecule has 2 fully saturated rings. The van der Waals surface area contributed by atoms with E-state index in [4.69, 9.17) is 4.74 Å². The predicted octanol–water partition coefficient (Wildman–Crippen LogP) is 3.19. The van der Waals surface area contributed by atoms with Gasteiger partial charge in [0.2, 0.25) is 10.0 Å². The van der Waals surface area contributed by atoms with Crippen molar-refractivity contribution >= 4 is 44.1 Å². The molecular formula is C28H36N4O6S2. The third-order valence-corrected chi connectivity index (χ3v) is 11.0. The van der Waals surface area contributed by atoms with Crippen LogP contribution in [0.15, 0.2) is 29.2 Å². The minimum Gasteiger partial charge on any atom is -0.466 e. The molecule has 1 aromatic carbocycles. The Morgan fingerprint density at radius 2 is 1.70 bits per heavy atom. The number of thiophene rings is 1. The van der Waals surface area contributed by atoms with E-state index in [1.165, 1.54) is 39.9 Å². The quantitative estimate of drug-likeness (QED) is 0.494. The predicted molar refractivity (Wildman–Crippen MR) is 152 cm³/mol. The Kier molecular flexibility index (Phi) is 8.60. The highest BCUT2D eigenvalue weighted by atomic mass is 32.2. The molecule has 3 aliphatic heterocycles. The molecule has 0 atom stereocenters. The highest BCUT2D eigenvalue weighted by Gasteiger charge is 2.34. The van der Waals surface area contributed by atoms with Crippen LogP contribution < -0.4 is 5.32 Å². The SMILES string of the molecule is CCOC(=O)C1CCN(S(=O)(=O)c2ccc(C(=O)Nc3sc4c(c3C(=O)N3CCCC3)CCN(C)C4)cc2)CC1. The Bertz CT molecular complexity index is 1370. The van der Waals surface area contributed by atoms with Crippen LogP contribution >= 0.6 is 11.3 Å². The summed E-state index contributed by atoms with van der Waals surface area (Å²) in [7, 11) is -1.72. The Balaban J connectivity index is 1.30. The molecule has 2 saturated heterocycles. The van der Waals surface area contributed by atoms with E-state index < -0.39 is 10.0 Å². The standard InChI is InChI=1S/C28H36N4O6S2/c1-3-38-28(35)20-10-16-32(17-11-20)40(36,37)21-8-6-19(7-9-21)25(33)29-26-24(27(34)31-13-4-5-14-31)22-12-15-30(2)18-23(22)39-26/h6-9,20H,3-5,10-18H2,1-2H3,(H,29,33). The van der Waals surface area contributed by atoms with Crippen LogP contribution in [0.3, 0.4) is 0 Å². The fourth-order valence-corrected chi connectivity index (χ4v) is 8.40. The molecule has 216 valence electrons. The molecule has 4 heterocycles. The molecule has 0 unspecified atom stereocenters. The van der Waals surface area contributed by atoms with Gasteiger partial charge in [-0.25, -0.2) is 8.42 Å². The summed E-state index contributed by atoms with van der Waals surface area (Å²) in [5.41, 5.74) is 1.94. The summed E-state index contributed by atoms with van der Waals surface area (Å²) >= 11 is 1.45. The largest absolute Gasteiger partial charge is 0.466 e. The second-order valence-electron chi connectivity index (χ2n) is 10.6. The summed E-state index contributed by atoms with van der Waals surface area (Å²) in [5, 5.41) is 3.52. The van der Waals surface area contributed by atoms with E-state index >= 15 is 0 Å². The smallest absolute Gasteiger partial charge is 0.309 e. The highest BCUT2D eigenvalue weighted by Crippen LogP contribution is 2.38. The van der Waals surface area contributed by atoms with E-state index in [9.17, 15) is 22.8 Å². The first-order valence-electron chi connectivity index (χ1n) is 13.9. The third-order valence-electron chi connectivity index (χ3n) is 7.91. The fraction of sp³-hybridized carbons (Fsp3) is 0.536. The van der Waals surface area contributed by atoms with Crippen molar-refractivity contribution in [3.63, 3.8) is 0 Å². The molecular weight excluding hydrogens is 552 g/mol. The molecule has 0 spiro atoms. The van der Waals surface area contributed by atoms with E-state index in [2.05, 4.69) is 10.2 Å².